The van der Waals surface area contributed by atoms with Crippen LogP contribution in [0.1, 0.15) is 11.3 Å². The first-order chi connectivity index (χ1) is 6.63. The van der Waals surface area contributed by atoms with Crippen molar-refractivity contribution in [2.75, 3.05) is 11.9 Å². The highest BCUT2D eigenvalue weighted by Crippen LogP contribution is 2.12. The molecule has 1 heterocycles. The summed E-state index contributed by atoms with van der Waals surface area (Å²) >= 11 is 5.60. The number of anilines is 1. The van der Waals surface area contributed by atoms with Gasteiger partial charge in [-0.2, -0.15) is 5.26 Å². The Bertz CT molecular complexity index is 393. The Morgan fingerprint density at radius 2 is 2.43 bits per heavy atom. The van der Waals surface area contributed by atoms with Crippen molar-refractivity contribution >= 4 is 17.4 Å². The molecule has 0 aliphatic carbocycles. The van der Waals surface area contributed by atoms with Crippen LogP contribution in [0.4, 0.5) is 5.82 Å². The molecule has 4 heteroatoms. The third-order valence-corrected chi connectivity index (χ3v) is 1.74. The fraction of sp³-hybridized carbons (Fsp3) is 0.200. The van der Waals surface area contributed by atoms with Gasteiger partial charge in [-0.15, -0.1) is 0 Å². The number of aryl methyl sites for hydroxylation is 1. The first-order valence-corrected chi connectivity index (χ1v) is 4.46. The average molecular weight is 208 g/mol. The summed E-state index contributed by atoms with van der Waals surface area (Å²) in [6, 6.07) is 5.56. The van der Waals surface area contributed by atoms with Gasteiger partial charge in [0.15, 0.2) is 0 Å². The molecule has 0 aromatic carbocycles. The van der Waals surface area contributed by atoms with Gasteiger partial charge in [0.1, 0.15) is 11.9 Å². The van der Waals surface area contributed by atoms with Crippen molar-refractivity contribution < 1.29 is 0 Å². The molecule has 0 saturated heterocycles. The molecule has 0 aliphatic heterocycles. The molecule has 3 nitrogen and oxygen atoms in total. The van der Waals surface area contributed by atoms with Crippen LogP contribution in [0, 0.1) is 18.3 Å². The van der Waals surface area contributed by atoms with E-state index in [2.05, 4.69) is 16.9 Å². The van der Waals surface area contributed by atoms with E-state index in [-0.39, 0.29) is 0 Å². The fourth-order valence-corrected chi connectivity index (χ4v) is 1.03. The molecule has 0 unspecified atom stereocenters. The van der Waals surface area contributed by atoms with E-state index in [0.717, 1.165) is 5.69 Å². The lowest BCUT2D eigenvalue weighted by molar-refractivity contribution is 1.15. The average Bonchev–Trinajstić information content (AvgIpc) is 2.15. The maximum Gasteiger partial charge on any atom is 0.144 e. The van der Waals surface area contributed by atoms with Gasteiger partial charge in [-0.25, -0.2) is 4.98 Å². The maximum atomic E-state index is 8.79. The summed E-state index contributed by atoms with van der Waals surface area (Å²) in [5.41, 5.74) is 1.36. The van der Waals surface area contributed by atoms with Gasteiger partial charge in [0.05, 0.1) is 12.1 Å². The molecule has 0 fully saturated rings. The van der Waals surface area contributed by atoms with Gasteiger partial charge in [-0.1, -0.05) is 18.2 Å². The summed E-state index contributed by atoms with van der Waals surface area (Å²) in [4.78, 5) is 4.18. The lowest BCUT2D eigenvalue weighted by Crippen LogP contribution is -2.05. The summed E-state index contributed by atoms with van der Waals surface area (Å²) in [6.45, 7) is 5.81. The van der Waals surface area contributed by atoms with Gasteiger partial charge in [-0.05, 0) is 19.1 Å². The van der Waals surface area contributed by atoms with Gasteiger partial charge >= 0.3 is 0 Å². The minimum atomic E-state index is 0.409. The zero-order valence-corrected chi connectivity index (χ0v) is 8.60. The highest BCUT2D eigenvalue weighted by Gasteiger charge is 2.02. The smallest absolute Gasteiger partial charge is 0.144 e. The molecule has 0 bridgehead atoms. The number of rotatable bonds is 3. The van der Waals surface area contributed by atoms with E-state index in [4.69, 9.17) is 16.9 Å². The molecule has 0 atom stereocenters. The summed E-state index contributed by atoms with van der Waals surface area (Å²) in [5, 5.41) is 12.2. The Kier molecular flexibility index (Phi) is 3.49. The van der Waals surface area contributed by atoms with Crippen LogP contribution < -0.4 is 5.32 Å². The third kappa shape index (κ3) is 2.75. The molecule has 14 heavy (non-hydrogen) atoms. The summed E-state index contributed by atoms with van der Waals surface area (Å²) in [6.07, 6.45) is 0. The monoisotopic (exact) mass is 207 g/mol. The van der Waals surface area contributed by atoms with Crippen LogP contribution in [0.5, 0.6) is 0 Å². The van der Waals surface area contributed by atoms with E-state index in [1.54, 1.807) is 12.1 Å². The second-order valence-corrected chi connectivity index (χ2v) is 3.37. The fourth-order valence-electron chi connectivity index (χ4n) is 0.961. The number of nitrogens with one attached hydrogen (secondary N) is 1. The minimum Gasteiger partial charge on any atom is -0.364 e. The second-order valence-electron chi connectivity index (χ2n) is 2.83. The topological polar surface area (TPSA) is 48.7 Å². The molecule has 0 saturated carbocycles. The molecule has 1 aromatic rings. The van der Waals surface area contributed by atoms with E-state index in [1.165, 1.54) is 0 Å². The van der Waals surface area contributed by atoms with E-state index in [1.807, 2.05) is 13.0 Å². The van der Waals surface area contributed by atoms with E-state index < -0.39 is 0 Å². The number of nitriles is 1. The number of hydrogen-bond acceptors (Lipinski definition) is 3. The Morgan fingerprint density at radius 1 is 1.71 bits per heavy atom. The number of halogens is 1. The first kappa shape index (κ1) is 10.6. The normalized spacial score (nSPS) is 9.21. The van der Waals surface area contributed by atoms with Crippen molar-refractivity contribution in [2.45, 2.75) is 6.92 Å². The molecule has 0 spiro atoms. The Balaban J connectivity index is 2.89. The lowest BCUT2D eigenvalue weighted by Gasteiger charge is -2.06. The van der Waals surface area contributed by atoms with Crippen LogP contribution in [0.3, 0.4) is 0 Å². The quantitative estimate of drug-likeness (QED) is 0.828. The number of nitrogens with zero attached hydrogens (tertiary/aromatic N) is 2. The van der Waals surface area contributed by atoms with Gasteiger partial charge in [0.2, 0.25) is 0 Å². The molecule has 72 valence electrons. The Labute approximate surface area is 88.0 Å². The molecule has 1 aromatic heterocycles. The van der Waals surface area contributed by atoms with E-state index in [9.17, 15) is 0 Å². The molecule has 0 aliphatic rings. The summed E-state index contributed by atoms with van der Waals surface area (Å²) in [7, 11) is 0. The van der Waals surface area contributed by atoms with Crippen LogP contribution in [-0.2, 0) is 0 Å². The molecular formula is C10H10ClN3. The number of hydrogen-bond donors (Lipinski definition) is 1. The van der Waals surface area contributed by atoms with Crippen molar-refractivity contribution in [3.63, 3.8) is 0 Å². The standard InChI is InChI=1S/C10H10ClN3/c1-7(11)6-13-10-9(5-12)4-3-8(2)14-10/h3-4H,1,6H2,2H3,(H,13,14). The van der Waals surface area contributed by atoms with Crippen molar-refractivity contribution in [1.82, 2.24) is 4.98 Å². The van der Waals surface area contributed by atoms with Gasteiger partial charge in [-0.3, -0.25) is 0 Å². The third-order valence-electron chi connectivity index (χ3n) is 1.60. The number of pyridine rings is 1. The summed E-state index contributed by atoms with van der Waals surface area (Å²) < 4.78 is 0. The van der Waals surface area contributed by atoms with Crippen molar-refractivity contribution in [2.24, 2.45) is 0 Å². The molecular weight excluding hydrogens is 198 g/mol. The van der Waals surface area contributed by atoms with Gasteiger partial charge < -0.3 is 5.32 Å². The highest BCUT2D eigenvalue weighted by atomic mass is 35.5. The SMILES string of the molecule is C=C(Cl)CNc1nc(C)ccc1C#N. The molecule has 1 N–H and O–H groups in total. The highest BCUT2D eigenvalue weighted by molar-refractivity contribution is 6.29. The van der Waals surface area contributed by atoms with Crippen LogP contribution >= 0.6 is 11.6 Å². The molecule has 0 radical (unpaired) electrons. The van der Waals surface area contributed by atoms with Crippen LogP contribution in [0.25, 0.3) is 0 Å². The van der Waals surface area contributed by atoms with Crippen molar-refractivity contribution in [3.8, 4) is 6.07 Å². The molecule has 0 amide bonds. The Hall–Kier alpha value is -1.53. The zero-order chi connectivity index (χ0) is 10.6. The van der Waals surface area contributed by atoms with Crippen molar-refractivity contribution in [3.05, 3.63) is 35.0 Å². The van der Waals surface area contributed by atoms with Crippen LogP contribution in [-0.4, -0.2) is 11.5 Å². The minimum absolute atomic E-state index is 0.409. The molecule has 1 rings (SSSR count). The second kappa shape index (κ2) is 4.64. The van der Waals surface area contributed by atoms with Gasteiger partial charge in [0.25, 0.3) is 0 Å². The van der Waals surface area contributed by atoms with Crippen LogP contribution in [0.2, 0.25) is 0 Å². The largest absolute Gasteiger partial charge is 0.364 e. The predicted molar refractivity (Wildman–Crippen MR) is 57.2 cm³/mol. The van der Waals surface area contributed by atoms with Gasteiger partial charge in [0, 0.05) is 10.7 Å². The maximum absolute atomic E-state index is 8.79. The zero-order valence-electron chi connectivity index (χ0n) is 7.84. The van der Waals surface area contributed by atoms with E-state index in [0.29, 0.717) is 23.0 Å². The van der Waals surface area contributed by atoms with Crippen LogP contribution in [0.15, 0.2) is 23.7 Å². The lowest BCUT2D eigenvalue weighted by atomic mass is 10.2. The Morgan fingerprint density at radius 3 is 3.00 bits per heavy atom. The number of aromatic nitrogens is 1. The van der Waals surface area contributed by atoms with E-state index >= 15 is 0 Å². The summed E-state index contributed by atoms with van der Waals surface area (Å²) in [5.74, 6) is 0.550. The predicted octanol–water partition coefficient (Wildman–Crippen LogP) is 2.43. The van der Waals surface area contributed by atoms with Crippen molar-refractivity contribution in [1.29, 1.82) is 5.26 Å². The first-order valence-electron chi connectivity index (χ1n) is 4.08.